The van der Waals surface area contributed by atoms with Gasteiger partial charge in [0.05, 0.1) is 18.4 Å². The van der Waals surface area contributed by atoms with Gasteiger partial charge < -0.3 is 9.32 Å². The third-order valence-corrected chi connectivity index (χ3v) is 3.59. The number of carbonyl (C=O) groups is 1. The molecule has 24 heavy (non-hydrogen) atoms. The Kier molecular flexibility index (Phi) is 4.70. The highest BCUT2D eigenvalue weighted by atomic mass is 19.1. The number of furan rings is 1. The number of carbonyl (C=O) groups excluding carboxylic acids is 1. The minimum absolute atomic E-state index is 0.168. The molecule has 3 rings (SSSR count). The maximum atomic E-state index is 14.0. The summed E-state index contributed by atoms with van der Waals surface area (Å²) in [5.41, 5.74) is 0.735. The molecule has 0 fully saturated rings. The van der Waals surface area contributed by atoms with Crippen LogP contribution in [-0.4, -0.2) is 10.8 Å². The van der Waals surface area contributed by atoms with Crippen LogP contribution in [0.15, 0.2) is 71.3 Å². The Bertz CT molecular complexity index is 817. The van der Waals surface area contributed by atoms with Crippen molar-refractivity contribution < 1.29 is 18.0 Å². The Balaban J connectivity index is 1.89. The Labute approximate surface area is 138 Å². The summed E-state index contributed by atoms with van der Waals surface area (Å²) in [4.78, 5) is 14.2. The molecule has 3 aromatic rings. The van der Waals surface area contributed by atoms with Crippen LogP contribution >= 0.6 is 0 Å². The highest BCUT2D eigenvalue weighted by molar-refractivity contribution is 5.94. The monoisotopic (exact) mass is 327 g/mol. The zero-order valence-electron chi connectivity index (χ0n) is 12.8. The fraction of sp³-hybridized carbons (Fsp3) is 0.105. The first-order chi connectivity index (χ1) is 11.6. The summed E-state index contributed by atoms with van der Waals surface area (Å²) < 4.78 is 32.3. The van der Waals surface area contributed by atoms with Gasteiger partial charge in [0.2, 0.25) is 0 Å². The number of halogens is 2. The van der Waals surface area contributed by atoms with Crippen LogP contribution < -0.4 is 0 Å². The average molecular weight is 327 g/mol. The van der Waals surface area contributed by atoms with Crippen molar-refractivity contribution in [3.8, 4) is 0 Å². The average Bonchev–Trinajstić information content (AvgIpc) is 3.08. The summed E-state index contributed by atoms with van der Waals surface area (Å²) in [5.74, 6) is -1.53. The van der Waals surface area contributed by atoms with E-state index in [0.717, 1.165) is 17.7 Å². The normalized spacial score (nSPS) is 10.6. The molecule has 0 aliphatic heterocycles. The standard InChI is InChI=1S/C19H15F2NO2/c20-15-8-9-17(18(21)11-15)19(23)22(13-16-7-4-10-24-16)12-14-5-2-1-3-6-14/h1-11H,12-13H2. The van der Waals surface area contributed by atoms with Crippen molar-refractivity contribution in [3.63, 3.8) is 0 Å². The molecule has 1 heterocycles. The number of hydrogen-bond acceptors (Lipinski definition) is 2. The lowest BCUT2D eigenvalue weighted by molar-refractivity contribution is 0.0713. The molecule has 0 atom stereocenters. The van der Waals surface area contributed by atoms with E-state index in [0.29, 0.717) is 11.8 Å². The summed E-state index contributed by atoms with van der Waals surface area (Å²) in [6.07, 6.45) is 1.51. The minimum Gasteiger partial charge on any atom is -0.467 e. The van der Waals surface area contributed by atoms with Gasteiger partial charge >= 0.3 is 0 Å². The van der Waals surface area contributed by atoms with E-state index in [1.165, 1.54) is 11.2 Å². The van der Waals surface area contributed by atoms with Crippen LogP contribution in [0.2, 0.25) is 0 Å². The molecule has 0 saturated carbocycles. The maximum Gasteiger partial charge on any atom is 0.257 e. The van der Waals surface area contributed by atoms with Crippen LogP contribution in [-0.2, 0) is 13.1 Å². The van der Waals surface area contributed by atoms with Gasteiger partial charge in [-0.05, 0) is 29.8 Å². The number of rotatable bonds is 5. The van der Waals surface area contributed by atoms with Crippen molar-refractivity contribution in [2.24, 2.45) is 0 Å². The molecule has 5 heteroatoms. The Morgan fingerprint density at radius 1 is 0.958 bits per heavy atom. The number of hydrogen-bond donors (Lipinski definition) is 0. The highest BCUT2D eigenvalue weighted by Crippen LogP contribution is 2.17. The van der Waals surface area contributed by atoms with E-state index in [2.05, 4.69) is 0 Å². The third kappa shape index (κ3) is 3.68. The molecule has 0 bridgehead atoms. The fourth-order valence-corrected chi connectivity index (χ4v) is 2.43. The van der Waals surface area contributed by atoms with E-state index in [1.54, 1.807) is 12.1 Å². The van der Waals surface area contributed by atoms with Crippen molar-refractivity contribution in [3.05, 3.63) is 95.4 Å². The van der Waals surface area contributed by atoms with Crippen LogP contribution in [0.25, 0.3) is 0 Å². The summed E-state index contributed by atoms with van der Waals surface area (Å²) >= 11 is 0. The molecule has 2 aromatic carbocycles. The summed E-state index contributed by atoms with van der Waals surface area (Å²) in [6.45, 7) is 0.481. The number of benzene rings is 2. The predicted molar refractivity (Wildman–Crippen MR) is 85.1 cm³/mol. The van der Waals surface area contributed by atoms with Gasteiger partial charge in [0.25, 0.3) is 5.91 Å². The molecule has 0 spiro atoms. The van der Waals surface area contributed by atoms with Gasteiger partial charge in [-0.1, -0.05) is 30.3 Å². The Morgan fingerprint density at radius 2 is 1.75 bits per heavy atom. The molecule has 0 aliphatic carbocycles. The molecule has 1 amide bonds. The predicted octanol–water partition coefficient (Wildman–Crippen LogP) is 4.40. The lowest BCUT2D eigenvalue weighted by Crippen LogP contribution is -2.30. The molecular weight excluding hydrogens is 312 g/mol. The summed E-state index contributed by atoms with van der Waals surface area (Å²) in [6, 6.07) is 15.8. The van der Waals surface area contributed by atoms with Gasteiger partial charge in [0.15, 0.2) is 0 Å². The summed E-state index contributed by atoms with van der Waals surface area (Å²) in [5, 5.41) is 0. The SMILES string of the molecule is O=C(c1ccc(F)cc1F)N(Cc1ccccc1)Cc1ccco1. The van der Waals surface area contributed by atoms with Crippen LogP contribution in [0.3, 0.4) is 0 Å². The second-order valence-electron chi connectivity index (χ2n) is 5.35. The lowest BCUT2D eigenvalue weighted by atomic mass is 10.1. The first-order valence-electron chi connectivity index (χ1n) is 7.44. The molecule has 0 N–H and O–H groups in total. The van der Waals surface area contributed by atoms with Gasteiger partial charge in [0.1, 0.15) is 17.4 Å². The maximum absolute atomic E-state index is 14.0. The first-order valence-corrected chi connectivity index (χ1v) is 7.44. The third-order valence-electron chi connectivity index (χ3n) is 3.59. The van der Waals surface area contributed by atoms with Gasteiger partial charge in [-0.15, -0.1) is 0 Å². The molecule has 3 nitrogen and oxygen atoms in total. The Hall–Kier alpha value is -2.95. The van der Waals surface area contributed by atoms with E-state index in [1.807, 2.05) is 30.3 Å². The second-order valence-corrected chi connectivity index (χ2v) is 5.35. The van der Waals surface area contributed by atoms with E-state index in [4.69, 9.17) is 4.42 Å². The molecule has 0 unspecified atom stereocenters. The smallest absolute Gasteiger partial charge is 0.257 e. The molecule has 1 aromatic heterocycles. The quantitative estimate of drug-likeness (QED) is 0.696. The van der Waals surface area contributed by atoms with Crippen molar-refractivity contribution in [2.45, 2.75) is 13.1 Å². The van der Waals surface area contributed by atoms with Crippen molar-refractivity contribution in [2.75, 3.05) is 0 Å². The summed E-state index contributed by atoms with van der Waals surface area (Å²) in [7, 11) is 0. The zero-order valence-corrected chi connectivity index (χ0v) is 12.8. The van der Waals surface area contributed by atoms with Crippen molar-refractivity contribution in [1.29, 1.82) is 0 Å². The van der Waals surface area contributed by atoms with Crippen LogP contribution in [0.5, 0.6) is 0 Å². The second kappa shape index (κ2) is 7.08. The molecule has 122 valence electrons. The van der Waals surface area contributed by atoms with Crippen LogP contribution in [0.4, 0.5) is 8.78 Å². The fourth-order valence-electron chi connectivity index (χ4n) is 2.43. The van der Waals surface area contributed by atoms with E-state index in [9.17, 15) is 13.6 Å². The molecule has 0 saturated heterocycles. The van der Waals surface area contributed by atoms with E-state index < -0.39 is 17.5 Å². The van der Waals surface area contributed by atoms with Crippen molar-refractivity contribution in [1.82, 2.24) is 4.90 Å². The minimum atomic E-state index is -0.877. The van der Waals surface area contributed by atoms with Crippen molar-refractivity contribution >= 4 is 5.91 Å². The topological polar surface area (TPSA) is 33.5 Å². The number of amides is 1. The zero-order chi connectivity index (χ0) is 16.9. The van der Waals surface area contributed by atoms with E-state index in [-0.39, 0.29) is 18.7 Å². The first kappa shape index (κ1) is 15.9. The molecule has 0 aliphatic rings. The molecular formula is C19H15F2NO2. The van der Waals surface area contributed by atoms with Crippen LogP contribution in [0, 0.1) is 11.6 Å². The largest absolute Gasteiger partial charge is 0.467 e. The van der Waals surface area contributed by atoms with Gasteiger partial charge in [-0.25, -0.2) is 8.78 Å². The molecule has 0 radical (unpaired) electrons. The van der Waals surface area contributed by atoms with E-state index >= 15 is 0 Å². The van der Waals surface area contributed by atoms with Gasteiger partial charge in [-0.3, -0.25) is 4.79 Å². The van der Waals surface area contributed by atoms with Gasteiger partial charge in [-0.2, -0.15) is 0 Å². The highest BCUT2D eigenvalue weighted by Gasteiger charge is 2.21. The van der Waals surface area contributed by atoms with Gasteiger partial charge in [0, 0.05) is 12.6 Å². The van der Waals surface area contributed by atoms with Crippen LogP contribution in [0.1, 0.15) is 21.7 Å². The lowest BCUT2D eigenvalue weighted by Gasteiger charge is -2.22. The number of nitrogens with zero attached hydrogens (tertiary/aromatic N) is 1. The Morgan fingerprint density at radius 3 is 2.42 bits per heavy atom.